The molecule has 0 aliphatic heterocycles. The van der Waals surface area contributed by atoms with E-state index in [0.29, 0.717) is 92.4 Å². The second-order valence-corrected chi connectivity index (χ2v) is 6.90. The topological polar surface area (TPSA) is 160 Å². The highest BCUT2D eigenvalue weighted by Gasteiger charge is 2.01. The summed E-state index contributed by atoms with van der Waals surface area (Å²) in [5.41, 5.74) is 6.16. The Kier molecular flexibility index (Phi) is 27.8. The van der Waals surface area contributed by atoms with E-state index < -0.39 is 6.09 Å². The van der Waals surface area contributed by atoms with Crippen molar-refractivity contribution in [3.05, 3.63) is 35.9 Å². The number of rotatable bonds is 23. The molecule has 1 amide bonds. The molecule has 0 aromatic heterocycles. The molecule has 0 atom stereocenters. The minimum atomic E-state index is -0.463. The standard InChI is InChI=1S/C16H25NO6.C8H19NO4/c18-7-9-21-11-13-22-12-10-20-8-6-17-16(19)23-14-15-4-2-1-3-5-15;9-1-3-11-5-7-13-8-6-12-4-2-10/h1-5,18H,6-14H2,(H,17,19);10H,1-9H2. The number of benzene rings is 1. The van der Waals surface area contributed by atoms with Crippen molar-refractivity contribution in [2.24, 2.45) is 5.73 Å². The van der Waals surface area contributed by atoms with E-state index in [-0.39, 0.29) is 19.8 Å². The summed E-state index contributed by atoms with van der Waals surface area (Å²) < 4.78 is 35.8. The number of aliphatic hydroxyl groups is 2. The van der Waals surface area contributed by atoms with E-state index in [1.807, 2.05) is 30.3 Å². The van der Waals surface area contributed by atoms with Crippen LogP contribution in [0.25, 0.3) is 0 Å². The average molecular weight is 521 g/mol. The van der Waals surface area contributed by atoms with Gasteiger partial charge in [0, 0.05) is 13.1 Å². The number of aliphatic hydroxyl groups excluding tert-OH is 2. The van der Waals surface area contributed by atoms with Crippen LogP contribution in [0.4, 0.5) is 4.79 Å². The Balaban J connectivity index is 0.000000802. The van der Waals surface area contributed by atoms with Crippen LogP contribution in [0, 0.1) is 0 Å². The summed E-state index contributed by atoms with van der Waals surface area (Å²) in [5, 5.41) is 19.5. The fraction of sp³-hybridized carbons (Fsp3) is 0.708. The maximum Gasteiger partial charge on any atom is 0.407 e. The van der Waals surface area contributed by atoms with Gasteiger partial charge in [-0.1, -0.05) is 30.3 Å². The molecule has 0 unspecified atom stereocenters. The Hall–Kier alpha value is -1.87. The van der Waals surface area contributed by atoms with Gasteiger partial charge in [0.2, 0.25) is 0 Å². The van der Waals surface area contributed by atoms with Gasteiger partial charge in [-0.25, -0.2) is 4.79 Å². The molecule has 36 heavy (non-hydrogen) atoms. The van der Waals surface area contributed by atoms with Gasteiger partial charge in [-0.05, 0) is 5.56 Å². The maximum atomic E-state index is 11.4. The number of carbonyl (C=O) groups is 1. The molecular weight excluding hydrogens is 476 g/mol. The Morgan fingerprint density at radius 1 is 0.667 bits per heavy atom. The zero-order valence-corrected chi connectivity index (χ0v) is 21.1. The van der Waals surface area contributed by atoms with Crippen molar-refractivity contribution >= 4 is 6.09 Å². The van der Waals surface area contributed by atoms with E-state index in [4.69, 9.17) is 49.1 Å². The normalized spacial score (nSPS) is 10.5. The molecule has 1 aromatic carbocycles. The second-order valence-electron chi connectivity index (χ2n) is 6.90. The molecule has 0 aliphatic carbocycles. The van der Waals surface area contributed by atoms with Crippen LogP contribution in [0.15, 0.2) is 30.3 Å². The summed E-state index contributed by atoms with van der Waals surface area (Å²) in [7, 11) is 0. The molecule has 0 aliphatic rings. The Morgan fingerprint density at radius 3 is 1.58 bits per heavy atom. The number of nitrogens with one attached hydrogen (secondary N) is 1. The first-order valence-electron chi connectivity index (χ1n) is 12.1. The van der Waals surface area contributed by atoms with Crippen molar-refractivity contribution in [1.29, 1.82) is 0 Å². The molecule has 0 spiro atoms. The van der Waals surface area contributed by atoms with Crippen LogP contribution in [-0.2, 0) is 39.8 Å². The third kappa shape index (κ3) is 26.7. The van der Waals surface area contributed by atoms with Crippen LogP contribution in [0.1, 0.15) is 5.56 Å². The summed E-state index contributed by atoms with van der Waals surface area (Å²) >= 11 is 0. The number of amides is 1. The minimum absolute atomic E-state index is 0.0178. The molecule has 0 fully saturated rings. The zero-order chi connectivity index (χ0) is 26.4. The maximum absolute atomic E-state index is 11.4. The molecule has 1 rings (SSSR count). The van der Waals surface area contributed by atoms with Gasteiger partial charge in [-0.3, -0.25) is 0 Å². The van der Waals surface area contributed by atoms with Crippen LogP contribution in [0.5, 0.6) is 0 Å². The smallest absolute Gasteiger partial charge is 0.407 e. The molecule has 0 saturated carbocycles. The lowest BCUT2D eigenvalue weighted by Gasteiger charge is -2.08. The quantitative estimate of drug-likeness (QED) is 0.143. The summed E-state index contributed by atoms with van der Waals surface area (Å²) in [5.74, 6) is 0. The number of nitrogens with two attached hydrogens (primary N) is 1. The third-order valence-corrected chi connectivity index (χ3v) is 3.95. The largest absolute Gasteiger partial charge is 0.445 e. The average Bonchev–Trinajstić information content (AvgIpc) is 2.90. The van der Waals surface area contributed by atoms with Crippen LogP contribution in [-0.4, -0.2) is 122 Å². The first-order chi connectivity index (χ1) is 17.7. The van der Waals surface area contributed by atoms with Crippen molar-refractivity contribution in [1.82, 2.24) is 5.32 Å². The van der Waals surface area contributed by atoms with Crippen molar-refractivity contribution in [3.63, 3.8) is 0 Å². The predicted octanol–water partition coefficient (Wildman–Crippen LogP) is -0.0579. The van der Waals surface area contributed by atoms with Gasteiger partial charge in [0.1, 0.15) is 6.61 Å². The molecule has 5 N–H and O–H groups in total. The second kappa shape index (κ2) is 29.4. The van der Waals surface area contributed by atoms with Gasteiger partial charge in [-0.2, -0.15) is 0 Å². The van der Waals surface area contributed by atoms with Gasteiger partial charge in [0.05, 0.1) is 92.5 Å². The van der Waals surface area contributed by atoms with Crippen molar-refractivity contribution < 1.29 is 48.2 Å². The van der Waals surface area contributed by atoms with Gasteiger partial charge in [-0.15, -0.1) is 0 Å². The fourth-order valence-corrected chi connectivity index (χ4v) is 2.30. The summed E-state index contributed by atoms with van der Waals surface area (Å²) in [6.45, 7) is 6.90. The highest BCUT2D eigenvalue weighted by Crippen LogP contribution is 2.00. The highest BCUT2D eigenvalue weighted by atomic mass is 16.6. The van der Waals surface area contributed by atoms with Crippen LogP contribution in [0.3, 0.4) is 0 Å². The lowest BCUT2D eigenvalue weighted by molar-refractivity contribution is 0.00814. The molecule has 12 heteroatoms. The Bertz CT molecular complexity index is 559. The molecule has 210 valence electrons. The molecule has 0 heterocycles. The number of hydrogen-bond donors (Lipinski definition) is 4. The lowest BCUT2D eigenvalue weighted by atomic mass is 10.2. The zero-order valence-electron chi connectivity index (χ0n) is 21.1. The SMILES string of the molecule is NCCOCCOCCOCCO.O=C(NCCOCCOCCOCCO)OCc1ccccc1. The fourth-order valence-electron chi connectivity index (χ4n) is 2.30. The van der Waals surface area contributed by atoms with Crippen LogP contribution in [0.2, 0.25) is 0 Å². The van der Waals surface area contributed by atoms with Gasteiger partial charge in [0.15, 0.2) is 0 Å². The summed E-state index contributed by atoms with van der Waals surface area (Å²) in [4.78, 5) is 11.4. The molecule has 1 aromatic rings. The van der Waals surface area contributed by atoms with Crippen molar-refractivity contribution in [2.75, 3.05) is 106 Å². The molecule has 0 radical (unpaired) electrons. The number of alkyl carbamates (subject to hydrolysis) is 1. The van der Waals surface area contributed by atoms with Gasteiger partial charge < -0.3 is 54.4 Å². The minimum Gasteiger partial charge on any atom is -0.445 e. The number of ether oxygens (including phenoxy) is 7. The molecule has 0 bridgehead atoms. The number of carbonyl (C=O) groups excluding carboxylic acids is 1. The van der Waals surface area contributed by atoms with E-state index in [0.717, 1.165) is 5.56 Å². The van der Waals surface area contributed by atoms with E-state index in [1.54, 1.807) is 0 Å². The predicted molar refractivity (Wildman–Crippen MR) is 133 cm³/mol. The van der Waals surface area contributed by atoms with Crippen LogP contribution < -0.4 is 11.1 Å². The molecule has 12 nitrogen and oxygen atoms in total. The first-order valence-corrected chi connectivity index (χ1v) is 12.1. The van der Waals surface area contributed by atoms with E-state index in [2.05, 4.69) is 5.32 Å². The lowest BCUT2D eigenvalue weighted by Crippen LogP contribution is -2.28. The summed E-state index contributed by atoms with van der Waals surface area (Å²) in [6.07, 6.45) is -0.463. The third-order valence-electron chi connectivity index (χ3n) is 3.95. The molecule has 0 saturated heterocycles. The summed E-state index contributed by atoms with van der Waals surface area (Å²) in [6, 6.07) is 9.49. The van der Waals surface area contributed by atoms with E-state index in [9.17, 15) is 4.79 Å². The van der Waals surface area contributed by atoms with Crippen LogP contribution >= 0.6 is 0 Å². The van der Waals surface area contributed by atoms with E-state index >= 15 is 0 Å². The first kappa shape index (κ1) is 34.1. The van der Waals surface area contributed by atoms with E-state index in [1.165, 1.54) is 0 Å². The Labute approximate surface area is 213 Å². The van der Waals surface area contributed by atoms with Crippen molar-refractivity contribution in [2.45, 2.75) is 6.61 Å². The Morgan fingerprint density at radius 2 is 1.11 bits per heavy atom. The van der Waals surface area contributed by atoms with Gasteiger partial charge in [0.25, 0.3) is 0 Å². The monoisotopic (exact) mass is 520 g/mol. The van der Waals surface area contributed by atoms with Crippen molar-refractivity contribution in [3.8, 4) is 0 Å². The number of hydrogen-bond acceptors (Lipinski definition) is 11. The highest BCUT2D eigenvalue weighted by molar-refractivity contribution is 5.67. The van der Waals surface area contributed by atoms with Gasteiger partial charge >= 0.3 is 6.09 Å². The molecular formula is C24H44N2O10.